The highest BCUT2D eigenvalue weighted by molar-refractivity contribution is 7.15. The summed E-state index contributed by atoms with van der Waals surface area (Å²) < 4.78 is 13.0. The number of nitrogens with one attached hydrogen (secondary N) is 1. The Hall–Kier alpha value is -1.62. The standard InChI is InChI=1S/C14H18FN3S/c1-3-18(4-2)14-17-10-13(19-14)9-16-12-7-5-6-11(15)8-12/h5-8,10,16H,3-4,9H2,1-2H3. The Bertz CT molecular complexity index is 523. The average Bonchev–Trinajstić information content (AvgIpc) is 2.87. The van der Waals surface area contributed by atoms with Crippen molar-refractivity contribution < 1.29 is 4.39 Å². The van der Waals surface area contributed by atoms with Crippen LogP contribution in [0.2, 0.25) is 0 Å². The second-order valence-electron chi connectivity index (χ2n) is 4.15. The molecule has 2 aromatic rings. The highest BCUT2D eigenvalue weighted by Crippen LogP contribution is 2.23. The van der Waals surface area contributed by atoms with Crippen molar-refractivity contribution in [2.75, 3.05) is 23.3 Å². The van der Waals surface area contributed by atoms with Crippen molar-refractivity contribution in [2.24, 2.45) is 0 Å². The summed E-state index contributed by atoms with van der Waals surface area (Å²) in [4.78, 5) is 7.78. The first-order valence-electron chi connectivity index (χ1n) is 6.42. The second kappa shape index (κ2) is 6.52. The molecule has 2 rings (SSSR count). The Morgan fingerprint density at radius 2 is 2.11 bits per heavy atom. The average molecular weight is 279 g/mol. The van der Waals surface area contributed by atoms with E-state index in [-0.39, 0.29) is 5.82 Å². The van der Waals surface area contributed by atoms with Gasteiger partial charge in [0.25, 0.3) is 0 Å². The quantitative estimate of drug-likeness (QED) is 0.873. The molecule has 102 valence electrons. The lowest BCUT2D eigenvalue weighted by Crippen LogP contribution is -2.21. The number of halogens is 1. The minimum atomic E-state index is -0.224. The molecule has 0 unspecified atom stereocenters. The van der Waals surface area contributed by atoms with Crippen molar-refractivity contribution in [1.82, 2.24) is 4.98 Å². The van der Waals surface area contributed by atoms with Crippen molar-refractivity contribution in [3.05, 3.63) is 41.2 Å². The number of rotatable bonds is 6. The molecule has 0 bridgehead atoms. The summed E-state index contributed by atoms with van der Waals surface area (Å²) in [6, 6.07) is 6.49. The van der Waals surface area contributed by atoms with Crippen molar-refractivity contribution in [3.63, 3.8) is 0 Å². The number of aromatic nitrogens is 1. The maximum atomic E-state index is 13.0. The number of benzene rings is 1. The fourth-order valence-corrected chi connectivity index (χ4v) is 2.78. The Kier molecular flexibility index (Phi) is 4.74. The van der Waals surface area contributed by atoms with Crippen molar-refractivity contribution >= 4 is 22.2 Å². The third kappa shape index (κ3) is 3.67. The van der Waals surface area contributed by atoms with Crippen LogP contribution in [0.5, 0.6) is 0 Å². The van der Waals surface area contributed by atoms with Gasteiger partial charge >= 0.3 is 0 Å². The van der Waals surface area contributed by atoms with Gasteiger partial charge in [0.1, 0.15) is 5.82 Å². The van der Waals surface area contributed by atoms with Crippen LogP contribution in [0.3, 0.4) is 0 Å². The van der Waals surface area contributed by atoms with Gasteiger partial charge in [-0.1, -0.05) is 6.07 Å². The van der Waals surface area contributed by atoms with Gasteiger partial charge in [-0.15, -0.1) is 11.3 Å². The van der Waals surface area contributed by atoms with E-state index in [0.717, 1.165) is 28.8 Å². The van der Waals surface area contributed by atoms with E-state index in [2.05, 4.69) is 29.0 Å². The summed E-state index contributed by atoms with van der Waals surface area (Å²) in [6.07, 6.45) is 1.88. The highest BCUT2D eigenvalue weighted by atomic mass is 32.1. The molecule has 0 radical (unpaired) electrons. The lowest BCUT2D eigenvalue weighted by atomic mass is 10.3. The van der Waals surface area contributed by atoms with E-state index in [1.54, 1.807) is 17.4 Å². The van der Waals surface area contributed by atoms with Crippen LogP contribution in [0.1, 0.15) is 18.7 Å². The fourth-order valence-electron chi connectivity index (χ4n) is 1.81. The molecule has 0 spiro atoms. The van der Waals surface area contributed by atoms with Gasteiger partial charge in [-0.05, 0) is 32.0 Å². The summed E-state index contributed by atoms with van der Waals surface area (Å²) in [6.45, 7) is 6.83. The zero-order valence-electron chi connectivity index (χ0n) is 11.2. The molecule has 19 heavy (non-hydrogen) atoms. The van der Waals surface area contributed by atoms with Crippen molar-refractivity contribution in [2.45, 2.75) is 20.4 Å². The third-order valence-electron chi connectivity index (χ3n) is 2.87. The van der Waals surface area contributed by atoms with Gasteiger partial charge in [-0.3, -0.25) is 0 Å². The van der Waals surface area contributed by atoms with Crippen LogP contribution in [0.15, 0.2) is 30.5 Å². The molecule has 1 aromatic heterocycles. The molecule has 0 aliphatic heterocycles. The number of thiazole rings is 1. The van der Waals surface area contributed by atoms with Gasteiger partial charge in [-0.25, -0.2) is 9.37 Å². The van der Waals surface area contributed by atoms with E-state index in [9.17, 15) is 4.39 Å². The number of nitrogens with zero attached hydrogens (tertiary/aromatic N) is 2. The molecule has 3 nitrogen and oxygen atoms in total. The molecule has 0 amide bonds. The Balaban J connectivity index is 1.97. The minimum absolute atomic E-state index is 0.224. The predicted octanol–water partition coefficient (Wildman–Crippen LogP) is 3.74. The van der Waals surface area contributed by atoms with E-state index in [4.69, 9.17) is 0 Å². The first kappa shape index (κ1) is 13.8. The van der Waals surface area contributed by atoms with E-state index in [1.165, 1.54) is 12.1 Å². The number of hydrogen-bond donors (Lipinski definition) is 1. The van der Waals surface area contributed by atoms with Gasteiger partial charge in [0, 0.05) is 29.9 Å². The van der Waals surface area contributed by atoms with Crippen molar-refractivity contribution in [1.29, 1.82) is 0 Å². The van der Waals surface area contributed by atoms with Gasteiger partial charge in [-0.2, -0.15) is 0 Å². The summed E-state index contributed by atoms with van der Waals surface area (Å²) in [5, 5.41) is 4.24. The predicted molar refractivity (Wildman–Crippen MR) is 79.4 cm³/mol. The molecule has 0 aliphatic carbocycles. The van der Waals surface area contributed by atoms with Crippen molar-refractivity contribution in [3.8, 4) is 0 Å². The molecule has 0 atom stereocenters. The zero-order valence-corrected chi connectivity index (χ0v) is 12.0. The maximum Gasteiger partial charge on any atom is 0.185 e. The molecule has 0 saturated heterocycles. The maximum absolute atomic E-state index is 13.0. The zero-order chi connectivity index (χ0) is 13.7. The third-order valence-corrected chi connectivity index (χ3v) is 3.92. The first-order valence-corrected chi connectivity index (χ1v) is 7.23. The number of anilines is 2. The van der Waals surface area contributed by atoms with Crippen LogP contribution >= 0.6 is 11.3 Å². The Morgan fingerprint density at radius 1 is 1.32 bits per heavy atom. The minimum Gasteiger partial charge on any atom is -0.380 e. The van der Waals surface area contributed by atoms with Crippen LogP contribution in [-0.2, 0) is 6.54 Å². The van der Waals surface area contributed by atoms with Gasteiger partial charge in [0.2, 0.25) is 0 Å². The molecule has 5 heteroatoms. The molecular weight excluding hydrogens is 261 g/mol. The summed E-state index contributed by atoms with van der Waals surface area (Å²) in [7, 11) is 0. The molecule has 1 heterocycles. The Labute approximate surface area is 117 Å². The van der Waals surface area contributed by atoms with Gasteiger partial charge in [0.05, 0.1) is 6.54 Å². The summed E-state index contributed by atoms with van der Waals surface area (Å²) >= 11 is 1.67. The van der Waals surface area contributed by atoms with Crippen LogP contribution in [0.25, 0.3) is 0 Å². The highest BCUT2D eigenvalue weighted by Gasteiger charge is 2.07. The SMILES string of the molecule is CCN(CC)c1ncc(CNc2cccc(F)c2)s1. The molecule has 0 saturated carbocycles. The van der Waals surface area contributed by atoms with E-state index in [0.29, 0.717) is 6.54 Å². The smallest absolute Gasteiger partial charge is 0.185 e. The van der Waals surface area contributed by atoms with Crippen LogP contribution in [0.4, 0.5) is 15.2 Å². The lowest BCUT2D eigenvalue weighted by molar-refractivity contribution is 0.628. The van der Waals surface area contributed by atoms with E-state index in [1.807, 2.05) is 12.3 Å². The first-order chi connectivity index (χ1) is 9.22. The van der Waals surface area contributed by atoms with E-state index >= 15 is 0 Å². The second-order valence-corrected chi connectivity index (χ2v) is 5.24. The molecule has 1 N–H and O–H groups in total. The fraction of sp³-hybridized carbons (Fsp3) is 0.357. The molecule has 0 fully saturated rings. The van der Waals surface area contributed by atoms with Gasteiger partial charge in [0.15, 0.2) is 5.13 Å². The lowest BCUT2D eigenvalue weighted by Gasteiger charge is -2.16. The molecule has 1 aromatic carbocycles. The normalized spacial score (nSPS) is 10.5. The van der Waals surface area contributed by atoms with Crippen LogP contribution in [-0.4, -0.2) is 18.1 Å². The summed E-state index contributed by atoms with van der Waals surface area (Å²) in [5.74, 6) is -0.224. The van der Waals surface area contributed by atoms with Crippen LogP contribution in [0, 0.1) is 5.82 Å². The number of hydrogen-bond acceptors (Lipinski definition) is 4. The molecule has 0 aliphatic rings. The molecular formula is C14H18FN3S. The van der Waals surface area contributed by atoms with Gasteiger partial charge < -0.3 is 10.2 Å². The summed E-state index contributed by atoms with van der Waals surface area (Å²) in [5.41, 5.74) is 0.790. The Morgan fingerprint density at radius 3 is 2.79 bits per heavy atom. The van der Waals surface area contributed by atoms with Crippen LogP contribution < -0.4 is 10.2 Å². The topological polar surface area (TPSA) is 28.2 Å². The monoisotopic (exact) mass is 279 g/mol. The largest absolute Gasteiger partial charge is 0.380 e. The van der Waals surface area contributed by atoms with E-state index < -0.39 is 0 Å².